The monoisotopic (exact) mass is 471 g/mol. The molecule has 1 saturated heterocycles. The van der Waals surface area contributed by atoms with E-state index in [0.717, 1.165) is 65.4 Å². The lowest BCUT2D eigenvalue weighted by atomic mass is 10.0. The van der Waals surface area contributed by atoms with Gasteiger partial charge in [-0.3, -0.25) is 9.69 Å². The lowest BCUT2D eigenvalue weighted by molar-refractivity contribution is 0.0986. The number of rotatable bonds is 9. The molecule has 1 fully saturated rings. The Balaban J connectivity index is 1.26. The zero-order valence-corrected chi connectivity index (χ0v) is 20.0. The summed E-state index contributed by atoms with van der Waals surface area (Å²) in [5.41, 5.74) is 7.04. The van der Waals surface area contributed by atoms with E-state index in [-0.39, 0.29) is 5.78 Å². The van der Waals surface area contributed by atoms with Crippen molar-refractivity contribution in [2.45, 2.75) is 19.4 Å². The Morgan fingerprint density at radius 3 is 2.84 bits per heavy atom. The van der Waals surface area contributed by atoms with E-state index in [9.17, 15) is 4.79 Å². The molecular formula is C24H30ClN5OS. The fourth-order valence-corrected chi connectivity index (χ4v) is 5.31. The van der Waals surface area contributed by atoms with Gasteiger partial charge in [0.15, 0.2) is 5.78 Å². The molecule has 1 aromatic carbocycles. The number of thiophene rings is 1. The number of carbonyl (C=O) groups is 1. The predicted octanol–water partition coefficient (Wildman–Crippen LogP) is 3.68. The van der Waals surface area contributed by atoms with Gasteiger partial charge in [-0.1, -0.05) is 29.8 Å². The van der Waals surface area contributed by atoms with E-state index in [1.54, 1.807) is 6.20 Å². The van der Waals surface area contributed by atoms with E-state index in [2.05, 4.69) is 33.2 Å². The Morgan fingerprint density at radius 2 is 2.03 bits per heavy atom. The second-order valence-electron chi connectivity index (χ2n) is 8.38. The number of nitrogen functional groups attached to an aromatic ring is 1. The van der Waals surface area contributed by atoms with Crippen LogP contribution in [0.1, 0.15) is 26.5 Å². The normalized spacial score (nSPS) is 15.4. The van der Waals surface area contributed by atoms with Crippen LogP contribution in [0.2, 0.25) is 5.02 Å². The first kappa shape index (κ1) is 23.1. The number of Topliss-reactive ketones (excluding diaryl/α,β-unsaturated/α-hetero) is 1. The molecule has 0 saturated carbocycles. The summed E-state index contributed by atoms with van der Waals surface area (Å²) in [5.74, 6) is 0.665. The minimum absolute atomic E-state index is 0.134. The van der Waals surface area contributed by atoms with Crippen molar-refractivity contribution in [3.63, 3.8) is 0 Å². The summed E-state index contributed by atoms with van der Waals surface area (Å²) in [5, 5.41) is 6.15. The van der Waals surface area contributed by atoms with E-state index >= 15 is 0 Å². The van der Waals surface area contributed by atoms with Gasteiger partial charge in [-0.05, 0) is 36.6 Å². The van der Waals surface area contributed by atoms with Crippen molar-refractivity contribution in [3.8, 4) is 0 Å². The van der Waals surface area contributed by atoms with Gasteiger partial charge in [-0.2, -0.15) is 0 Å². The summed E-state index contributed by atoms with van der Waals surface area (Å²) in [6.07, 6.45) is 2.85. The number of nitrogens with zero attached hydrogens (tertiary/aromatic N) is 3. The highest BCUT2D eigenvalue weighted by molar-refractivity contribution is 7.14. The largest absolute Gasteiger partial charge is 0.383 e. The van der Waals surface area contributed by atoms with Gasteiger partial charge in [-0.15, -0.1) is 11.3 Å². The van der Waals surface area contributed by atoms with E-state index in [1.807, 2.05) is 24.3 Å². The van der Waals surface area contributed by atoms with Crippen molar-refractivity contribution in [1.29, 1.82) is 0 Å². The summed E-state index contributed by atoms with van der Waals surface area (Å²) in [7, 11) is 2.17. The third-order valence-electron chi connectivity index (χ3n) is 6.02. The number of nitrogens with one attached hydrogen (secondary N) is 1. The molecule has 0 atom stereocenters. The van der Waals surface area contributed by atoms with Crippen LogP contribution in [-0.4, -0.2) is 66.9 Å². The number of hydrogen-bond acceptors (Lipinski definition) is 7. The standard InChI is InChI=1S/C24H30ClN5OS/c1-29-10-12-30(13-11-29)9-8-27-16-23-20(25)15-22(32-23)21(31)5-3-17-2-4-19-18(14-17)6-7-28-24(19)26/h2,4,6-7,14-15,27H,3,5,8-13,16H2,1H3,(H2,26,28). The van der Waals surface area contributed by atoms with Crippen LogP contribution in [0.15, 0.2) is 36.5 Å². The molecule has 4 rings (SSSR count). The number of anilines is 1. The Labute approximate surface area is 198 Å². The Morgan fingerprint density at radius 1 is 1.22 bits per heavy atom. The molecule has 3 N–H and O–H groups in total. The minimum atomic E-state index is 0.134. The molecule has 170 valence electrons. The zero-order chi connectivity index (χ0) is 22.5. The van der Waals surface area contributed by atoms with Crippen LogP contribution in [0.5, 0.6) is 0 Å². The molecule has 0 radical (unpaired) electrons. The van der Waals surface area contributed by atoms with Crippen LogP contribution in [0.3, 0.4) is 0 Å². The molecule has 1 aliphatic rings. The van der Waals surface area contributed by atoms with E-state index in [1.165, 1.54) is 11.3 Å². The molecular weight excluding hydrogens is 442 g/mol. The third-order valence-corrected chi connectivity index (χ3v) is 7.64. The van der Waals surface area contributed by atoms with Crippen LogP contribution in [-0.2, 0) is 13.0 Å². The molecule has 1 aliphatic heterocycles. The fraction of sp³-hybridized carbons (Fsp3) is 0.417. The number of likely N-dealkylation sites (N-methyl/N-ethyl adjacent to an activating group) is 1. The molecule has 2 aromatic heterocycles. The molecule has 0 bridgehead atoms. The average molecular weight is 472 g/mol. The molecule has 0 unspecified atom stereocenters. The fourth-order valence-electron chi connectivity index (χ4n) is 3.96. The van der Waals surface area contributed by atoms with Crippen molar-refractivity contribution in [1.82, 2.24) is 20.1 Å². The predicted molar refractivity (Wildman–Crippen MR) is 134 cm³/mol. The Hall–Kier alpha value is -2.03. The number of fused-ring (bicyclic) bond motifs is 1. The van der Waals surface area contributed by atoms with Crippen molar-refractivity contribution in [2.75, 3.05) is 52.0 Å². The van der Waals surface area contributed by atoms with Gasteiger partial charge in [0, 0.05) is 68.7 Å². The average Bonchev–Trinajstić information content (AvgIpc) is 3.17. The van der Waals surface area contributed by atoms with Gasteiger partial charge in [0.05, 0.1) is 9.90 Å². The molecule has 3 heterocycles. The SMILES string of the molecule is CN1CCN(CCNCc2sc(C(=O)CCc3ccc4c(N)nccc4c3)cc2Cl)CC1. The van der Waals surface area contributed by atoms with Crippen LogP contribution in [0, 0.1) is 0 Å². The van der Waals surface area contributed by atoms with Gasteiger partial charge in [0.1, 0.15) is 5.82 Å². The number of aryl methyl sites for hydroxylation is 1. The maximum absolute atomic E-state index is 12.8. The summed E-state index contributed by atoms with van der Waals surface area (Å²) >= 11 is 7.92. The number of nitrogens with two attached hydrogens (primary N) is 1. The lowest BCUT2D eigenvalue weighted by Crippen LogP contribution is -2.46. The second kappa shape index (κ2) is 10.7. The van der Waals surface area contributed by atoms with Crippen LogP contribution in [0.4, 0.5) is 5.82 Å². The summed E-state index contributed by atoms with van der Waals surface area (Å²) in [6.45, 7) is 7.17. The number of halogens is 1. The first-order valence-corrected chi connectivity index (χ1v) is 12.2. The highest BCUT2D eigenvalue weighted by atomic mass is 35.5. The highest BCUT2D eigenvalue weighted by Gasteiger charge is 2.15. The first-order valence-electron chi connectivity index (χ1n) is 11.1. The van der Waals surface area contributed by atoms with Gasteiger partial charge < -0.3 is 16.0 Å². The summed E-state index contributed by atoms with van der Waals surface area (Å²) in [4.78, 5) is 23.5. The number of ketones is 1. The minimum Gasteiger partial charge on any atom is -0.383 e. The van der Waals surface area contributed by atoms with E-state index in [0.29, 0.717) is 30.2 Å². The molecule has 8 heteroatoms. The number of aromatic nitrogens is 1. The van der Waals surface area contributed by atoms with Gasteiger partial charge in [0.2, 0.25) is 0 Å². The van der Waals surface area contributed by atoms with Crippen molar-refractivity contribution < 1.29 is 4.79 Å². The molecule has 0 amide bonds. The lowest BCUT2D eigenvalue weighted by Gasteiger charge is -2.32. The van der Waals surface area contributed by atoms with Gasteiger partial charge in [-0.25, -0.2) is 4.98 Å². The van der Waals surface area contributed by atoms with E-state index < -0.39 is 0 Å². The molecule has 3 aromatic rings. The van der Waals surface area contributed by atoms with Crippen molar-refractivity contribution >= 4 is 45.3 Å². The Kier molecular flexibility index (Phi) is 7.75. The third kappa shape index (κ3) is 5.85. The van der Waals surface area contributed by atoms with Gasteiger partial charge in [0.25, 0.3) is 0 Å². The van der Waals surface area contributed by atoms with Crippen LogP contribution in [0.25, 0.3) is 10.8 Å². The topological polar surface area (TPSA) is 74.5 Å². The zero-order valence-electron chi connectivity index (χ0n) is 18.4. The van der Waals surface area contributed by atoms with Crippen LogP contribution < -0.4 is 11.1 Å². The number of pyridine rings is 1. The quantitative estimate of drug-likeness (QED) is 0.366. The molecule has 0 aliphatic carbocycles. The Bertz CT molecular complexity index is 1080. The number of benzene rings is 1. The van der Waals surface area contributed by atoms with Crippen LogP contribution >= 0.6 is 22.9 Å². The number of hydrogen-bond donors (Lipinski definition) is 2. The van der Waals surface area contributed by atoms with E-state index in [4.69, 9.17) is 17.3 Å². The van der Waals surface area contributed by atoms with Crippen molar-refractivity contribution in [2.24, 2.45) is 0 Å². The van der Waals surface area contributed by atoms with Gasteiger partial charge >= 0.3 is 0 Å². The molecule has 0 spiro atoms. The number of piperazine rings is 1. The maximum atomic E-state index is 12.8. The second-order valence-corrected chi connectivity index (χ2v) is 9.92. The number of carbonyl (C=O) groups excluding carboxylic acids is 1. The summed E-state index contributed by atoms with van der Waals surface area (Å²) < 4.78 is 0. The maximum Gasteiger partial charge on any atom is 0.173 e. The first-order chi connectivity index (χ1) is 15.5. The molecule has 32 heavy (non-hydrogen) atoms. The smallest absolute Gasteiger partial charge is 0.173 e. The molecule has 6 nitrogen and oxygen atoms in total. The highest BCUT2D eigenvalue weighted by Crippen LogP contribution is 2.28. The summed E-state index contributed by atoms with van der Waals surface area (Å²) in [6, 6.07) is 9.84. The van der Waals surface area contributed by atoms with Crippen molar-refractivity contribution in [3.05, 3.63) is 56.9 Å².